The zero-order chi connectivity index (χ0) is 15.3. The summed E-state index contributed by atoms with van der Waals surface area (Å²) in [4.78, 5) is 12.2. The summed E-state index contributed by atoms with van der Waals surface area (Å²) in [6.45, 7) is 2.79. The molecule has 1 aliphatic rings. The fourth-order valence-corrected chi connectivity index (χ4v) is 3.15. The maximum atomic E-state index is 12.0. The van der Waals surface area contributed by atoms with Gasteiger partial charge in [0, 0.05) is 18.4 Å². The molecular formula is C15H22N2O3S. The first-order valence-corrected chi connectivity index (χ1v) is 9.15. The number of benzene rings is 1. The third kappa shape index (κ3) is 4.82. The van der Waals surface area contributed by atoms with E-state index in [0.717, 1.165) is 25.8 Å². The van der Waals surface area contributed by atoms with Crippen molar-refractivity contribution in [2.24, 2.45) is 5.92 Å². The average molecular weight is 310 g/mol. The lowest BCUT2D eigenvalue weighted by Crippen LogP contribution is -2.31. The number of piperidine rings is 1. The summed E-state index contributed by atoms with van der Waals surface area (Å²) in [7, 11) is -3.21. The van der Waals surface area contributed by atoms with Crippen LogP contribution in [-0.2, 0) is 9.84 Å². The van der Waals surface area contributed by atoms with Crippen molar-refractivity contribution < 1.29 is 13.2 Å². The van der Waals surface area contributed by atoms with Crippen molar-refractivity contribution in [1.29, 1.82) is 0 Å². The zero-order valence-corrected chi connectivity index (χ0v) is 13.1. The normalized spacial score (nSPS) is 16.6. The van der Waals surface area contributed by atoms with Crippen molar-refractivity contribution in [2.45, 2.75) is 24.2 Å². The molecule has 2 rings (SSSR count). The van der Waals surface area contributed by atoms with E-state index in [0.29, 0.717) is 18.0 Å². The Hall–Kier alpha value is -1.40. The Morgan fingerprint density at radius 2 is 1.86 bits per heavy atom. The molecule has 21 heavy (non-hydrogen) atoms. The lowest BCUT2D eigenvalue weighted by molar-refractivity contribution is 0.0950. The monoisotopic (exact) mass is 310 g/mol. The third-order valence-corrected chi connectivity index (χ3v) is 4.97. The Morgan fingerprint density at radius 1 is 1.24 bits per heavy atom. The van der Waals surface area contributed by atoms with E-state index in [1.165, 1.54) is 25.0 Å². The molecule has 2 N–H and O–H groups in total. The number of hydrogen-bond acceptors (Lipinski definition) is 4. The molecule has 1 aliphatic heterocycles. The minimum Gasteiger partial charge on any atom is -0.352 e. The molecule has 0 saturated carbocycles. The summed E-state index contributed by atoms with van der Waals surface area (Å²) in [5.74, 6) is 0.531. The summed E-state index contributed by atoms with van der Waals surface area (Å²) in [6.07, 6.45) is 4.48. The van der Waals surface area contributed by atoms with E-state index >= 15 is 0 Å². The first-order valence-electron chi connectivity index (χ1n) is 7.26. The highest BCUT2D eigenvalue weighted by atomic mass is 32.2. The van der Waals surface area contributed by atoms with Crippen LogP contribution in [0.25, 0.3) is 0 Å². The number of carbonyl (C=O) groups excluding carboxylic acids is 1. The number of amides is 1. The molecular weight excluding hydrogens is 288 g/mol. The maximum absolute atomic E-state index is 12.0. The van der Waals surface area contributed by atoms with Crippen LogP contribution >= 0.6 is 0 Å². The minimum atomic E-state index is -3.21. The van der Waals surface area contributed by atoms with Gasteiger partial charge in [-0.3, -0.25) is 4.79 Å². The highest BCUT2D eigenvalue weighted by Gasteiger charge is 2.14. The molecule has 0 aliphatic carbocycles. The van der Waals surface area contributed by atoms with Gasteiger partial charge < -0.3 is 10.6 Å². The number of carbonyl (C=O) groups is 1. The molecule has 0 unspecified atom stereocenters. The van der Waals surface area contributed by atoms with Gasteiger partial charge in [-0.2, -0.15) is 0 Å². The fourth-order valence-electron chi connectivity index (χ4n) is 2.52. The van der Waals surface area contributed by atoms with Crippen LogP contribution in [0.3, 0.4) is 0 Å². The highest BCUT2D eigenvalue weighted by Crippen LogP contribution is 2.15. The summed E-state index contributed by atoms with van der Waals surface area (Å²) < 4.78 is 22.7. The van der Waals surface area contributed by atoms with Crippen LogP contribution in [0.1, 0.15) is 29.6 Å². The molecule has 0 radical (unpaired) electrons. The Bertz CT molecular complexity index is 575. The van der Waals surface area contributed by atoms with Gasteiger partial charge in [-0.15, -0.1) is 0 Å². The molecule has 0 atom stereocenters. The summed E-state index contributed by atoms with van der Waals surface area (Å²) in [5, 5.41) is 6.22. The van der Waals surface area contributed by atoms with Gasteiger partial charge >= 0.3 is 0 Å². The first kappa shape index (κ1) is 16.0. The van der Waals surface area contributed by atoms with Gasteiger partial charge in [0.25, 0.3) is 5.91 Å². The number of rotatable bonds is 5. The van der Waals surface area contributed by atoms with E-state index in [4.69, 9.17) is 0 Å². The third-order valence-electron chi connectivity index (χ3n) is 3.84. The molecule has 0 aromatic heterocycles. The lowest BCUT2D eigenvalue weighted by atomic mass is 9.95. The first-order chi connectivity index (χ1) is 9.97. The molecule has 1 fully saturated rings. The van der Waals surface area contributed by atoms with Gasteiger partial charge in [0.05, 0.1) is 4.90 Å². The molecule has 1 aromatic rings. The van der Waals surface area contributed by atoms with Crippen molar-refractivity contribution in [3.05, 3.63) is 29.8 Å². The number of sulfone groups is 1. The van der Waals surface area contributed by atoms with Crippen LogP contribution in [0.2, 0.25) is 0 Å². The Balaban J connectivity index is 1.83. The fraction of sp³-hybridized carbons (Fsp3) is 0.533. The summed E-state index contributed by atoms with van der Waals surface area (Å²) in [5.41, 5.74) is 0.493. The molecule has 1 amide bonds. The second kappa shape index (κ2) is 7.04. The maximum Gasteiger partial charge on any atom is 0.251 e. The van der Waals surface area contributed by atoms with E-state index in [1.807, 2.05) is 0 Å². The topological polar surface area (TPSA) is 75.3 Å². The van der Waals surface area contributed by atoms with E-state index in [2.05, 4.69) is 10.6 Å². The van der Waals surface area contributed by atoms with Crippen LogP contribution in [0.5, 0.6) is 0 Å². The second-order valence-electron chi connectivity index (χ2n) is 5.53. The van der Waals surface area contributed by atoms with Crippen LogP contribution in [0.4, 0.5) is 0 Å². The molecule has 1 heterocycles. The van der Waals surface area contributed by atoms with Crippen molar-refractivity contribution in [3.8, 4) is 0 Å². The van der Waals surface area contributed by atoms with Crippen LogP contribution < -0.4 is 10.6 Å². The van der Waals surface area contributed by atoms with Crippen molar-refractivity contribution in [2.75, 3.05) is 25.9 Å². The number of hydrogen-bond donors (Lipinski definition) is 2. The van der Waals surface area contributed by atoms with E-state index in [9.17, 15) is 13.2 Å². The van der Waals surface area contributed by atoms with Gasteiger partial charge in [0.2, 0.25) is 0 Å². The van der Waals surface area contributed by atoms with Crippen LogP contribution in [0, 0.1) is 5.92 Å². The SMILES string of the molecule is CS(=O)(=O)c1ccc(C(=O)NCCC2CCNCC2)cc1. The highest BCUT2D eigenvalue weighted by molar-refractivity contribution is 7.90. The van der Waals surface area contributed by atoms with E-state index < -0.39 is 9.84 Å². The van der Waals surface area contributed by atoms with Crippen LogP contribution in [0.15, 0.2) is 29.2 Å². The largest absolute Gasteiger partial charge is 0.352 e. The van der Waals surface area contributed by atoms with Crippen molar-refractivity contribution in [3.63, 3.8) is 0 Å². The molecule has 6 heteroatoms. The molecule has 1 aromatic carbocycles. The summed E-state index contributed by atoms with van der Waals surface area (Å²) in [6, 6.07) is 6.04. The van der Waals surface area contributed by atoms with Crippen molar-refractivity contribution >= 4 is 15.7 Å². The molecule has 5 nitrogen and oxygen atoms in total. The Labute approximate surface area is 126 Å². The minimum absolute atomic E-state index is 0.149. The predicted molar refractivity (Wildman–Crippen MR) is 82.1 cm³/mol. The van der Waals surface area contributed by atoms with E-state index in [-0.39, 0.29) is 10.8 Å². The van der Waals surface area contributed by atoms with Crippen molar-refractivity contribution in [1.82, 2.24) is 10.6 Å². The quantitative estimate of drug-likeness (QED) is 0.857. The predicted octanol–water partition coefficient (Wildman–Crippen LogP) is 1.21. The van der Waals surface area contributed by atoms with Gasteiger partial charge in [-0.25, -0.2) is 8.42 Å². The molecule has 116 valence electrons. The van der Waals surface area contributed by atoms with E-state index in [1.54, 1.807) is 12.1 Å². The second-order valence-corrected chi connectivity index (χ2v) is 7.55. The Kier molecular flexibility index (Phi) is 5.36. The molecule has 1 saturated heterocycles. The van der Waals surface area contributed by atoms with Gasteiger partial charge in [0.1, 0.15) is 0 Å². The Morgan fingerprint density at radius 3 is 2.43 bits per heavy atom. The standard InChI is InChI=1S/C15H22N2O3S/c1-21(19,20)14-4-2-13(3-5-14)15(18)17-11-8-12-6-9-16-10-7-12/h2-5,12,16H,6-11H2,1H3,(H,17,18). The van der Waals surface area contributed by atoms with Gasteiger partial charge in [-0.05, 0) is 62.5 Å². The smallest absolute Gasteiger partial charge is 0.251 e. The zero-order valence-electron chi connectivity index (χ0n) is 12.3. The number of nitrogens with one attached hydrogen (secondary N) is 2. The lowest BCUT2D eigenvalue weighted by Gasteiger charge is -2.22. The summed E-state index contributed by atoms with van der Waals surface area (Å²) >= 11 is 0. The van der Waals surface area contributed by atoms with Crippen LogP contribution in [-0.4, -0.2) is 40.2 Å². The molecule has 0 spiro atoms. The average Bonchev–Trinajstić information content (AvgIpc) is 2.47. The van der Waals surface area contributed by atoms with Gasteiger partial charge in [-0.1, -0.05) is 0 Å². The van der Waals surface area contributed by atoms with Gasteiger partial charge in [0.15, 0.2) is 9.84 Å². The molecule has 0 bridgehead atoms.